The molecule has 3 nitrogen and oxygen atoms in total. The minimum atomic E-state index is -0.553. The van der Waals surface area contributed by atoms with Gasteiger partial charge in [0.2, 0.25) is 0 Å². The summed E-state index contributed by atoms with van der Waals surface area (Å²) in [5.74, 6) is -0.553. The highest BCUT2D eigenvalue weighted by atomic mass is 16.8. The highest BCUT2D eigenvalue weighted by Gasteiger charge is 2.43. The van der Waals surface area contributed by atoms with E-state index in [-0.39, 0.29) is 12.2 Å². The molecule has 1 fully saturated rings. The van der Waals surface area contributed by atoms with E-state index in [9.17, 15) is 5.11 Å². The van der Waals surface area contributed by atoms with Gasteiger partial charge in [0.15, 0.2) is 5.79 Å². The highest BCUT2D eigenvalue weighted by molar-refractivity contribution is 4.85. The number of unbranched alkanes of at least 4 members (excludes halogenated alkanes) is 11. The smallest absolute Gasteiger partial charge is 0.163 e. The van der Waals surface area contributed by atoms with Crippen LogP contribution in [0.15, 0.2) is 0 Å². The van der Waals surface area contributed by atoms with Crippen LogP contribution < -0.4 is 0 Å². The molecule has 0 saturated carbocycles. The van der Waals surface area contributed by atoms with Gasteiger partial charge >= 0.3 is 0 Å². The first-order valence-corrected chi connectivity index (χ1v) is 11.0. The number of ether oxygens (including phenoxy) is 2. The Morgan fingerprint density at radius 3 is 1.72 bits per heavy atom. The molecule has 25 heavy (non-hydrogen) atoms. The molecule has 1 N–H and O–H groups in total. The van der Waals surface area contributed by atoms with Gasteiger partial charge in [-0.15, -0.1) is 0 Å². The van der Waals surface area contributed by atoms with Gasteiger partial charge < -0.3 is 14.6 Å². The summed E-state index contributed by atoms with van der Waals surface area (Å²) in [6.07, 6.45) is 17.6. The molecule has 0 aromatic heterocycles. The van der Waals surface area contributed by atoms with E-state index >= 15 is 0 Å². The predicted molar refractivity (Wildman–Crippen MR) is 106 cm³/mol. The van der Waals surface area contributed by atoms with Crippen molar-refractivity contribution >= 4 is 0 Å². The zero-order chi connectivity index (χ0) is 18.5. The molecule has 1 rings (SSSR count). The second-order valence-electron chi connectivity index (χ2n) is 8.29. The fourth-order valence-electron chi connectivity index (χ4n) is 3.83. The first kappa shape index (κ1) is 22.9. The van der Waals surface area contributed by atoms with E-state index in [1.165, 1.54) is 77.0 Å². The molecule has 0 aromatic rings. The first-order valence-electron chi connectivity index (χ1n) is 11.0. The summed E-state index contributed by atoms with van der Waals surface area (Å²) in [5, 5.41) is 10.1. The molecule has 3 heteroatoms. The van der Waals surface area contributed by atoms with Crippen LogP contribution in [0.4, 0.5) is 0 Å². The Morgan fingerprint density at radius 2 is 1.24 bits per heavy atom. The van der Waals surface area contributed by atoms with E-state index in [0.717, 1.165) is 12.8 Å². The van der Waals surface area contributed by atoms with Crippen molar-refractivity contribution in [1.29, 1.82) is 0 Å². The SMILES string of the molecule is CCCCCCCCCCCCCC[C@H]1OC(C)(C)O[C@H]1[C@@H](O)CC. The Balaban J connectivity index is 2.00. The van der Waals surface area contributed by atoms with E-state index in [0.29, 0.717) is 0 Å². The van der Waals surface area contributed by atoms with Gasteiger partial charge in [0, 0.05) is 0 Å². The van der Waals surface area contributed by atoms with E-state index < -0.39 is 11.9 Å². The lowest BCUT2D eigenvalue weighted by Crippen LogP contribution is -2.35. The molecule has 3 atom stereocenters. The van der Waals surface area contributed by atoms with Crippen molar-refractivity contribution in [3.8, 4) is 0 Å². The summed E-state index contributed by atoms with van der Waals surface area (Å²) < 4.78 is 11.9. The Hall–Kier alpha value is -0.120. The van der Waals surface area contributed by atoms with Gasteiger partial charge in [-0.1, -0.05) is 90.9 Å². The van der Waals surface area contributed by atoms with Crippen LogP contribution in [-0.4, -0.2) is 29.2 Å². The molecule has 0 amide bonds. The first-order chi connectivity index (χ1) is 12.0. The predicted octanol–water partition coefficient (Wildman–Crippen LogP) is 6.37. The Kier molecular flexibility index (Phi) is 12.0. The van der Waals surface area contributed by atoms with Crippen molar-refractivity contribution in [1.82, 2.24) is 0 Å². The van der Waals surface area contributed by atoms with Crippen LogP contribution in [-0.2, 0) is 9.47 Å². The maximum absolute atomic E-state index is 10.1. The molecular weight excluding hydrogens is 312 g/mol. The Morgan fingerprint density at radius 1 is 0.760 bits per heavy atom. The highest BCUT2D eigenvalue weighted by Crippen LogP contribution is 2.33. The van der Waals surface area contributed by atoms with Crippen LogP contribution in [0.5, 0.6) is 0 Å². The lowest BCUT2D eigenvalue weighted by molar-refractivity contribution is -0.155. The third-order valence-corrected chi connectivity index (χ3v) is 5.36. The maximum Gasteiger partial charge on any atom is 0.163 e. The summed E-state index contributed by atoms with van der Waals surface area (Å²) in [6.45, 7) is 8.17. The number of aliphatic hydroxyl groups excluding tert-OH is 1. The Labute approximate surface area is 156 Å². The van der Waals surface area contributed by atoms with Gasteiger partial charge in [-0.05, 0) is 26.7 Å². The minimum Gasteiger partial charge on any atom is -0.390 e. The third kappa shape index (κ3) is 9.96. The van der Waals surface area contributed by atoms with Crippen molar-refractivity contribution in [3.05, 3.63) is 0 Å². The largest absolute Gasteiger partial charge is 0.390 e. The van der Waals surface area contributed by atoms with E-state index in [1.54, 1.807) is 0 Å². The van der Waals surface area contributed by atoms with Crippen molar-refractivity contribution in [2.24, 2.45) is 0 Å². The molecular formula is C22H44O3. The van der Waals surface area contributed by atoms with Gasteiger partial charge in [-0.3, -0.25) is 0 Å². The van der Waals surface area contributed by atoms with Gasteiger partial charge in [0.05, 0.1) is 12.2 Å². The molecule has 1 aliphatic rings. The molecule has 1 heterocycles. The summed E-state index contributed by atoms with van der Waals surface area (Å²) in [4.78, 5) is 0. The van der Waals surface area contributed by atoms with Gasteiger partial charge in [-0.2, -0.15) is 0 Å². The van der Waals surface area contributed by atoms with Crippen molar-refractivity contribution in [2.45, 2.75) is 142 Å². The van der Waals surface area contributed by atoms with Crippen LogP contribution in [0.2, 0.25) is 0 Å². The fraction of sp³-hybridized carbons (Fsp3) is 1.00. The maximum atomic E-state index is 10.1. The molecule has 1 saturated heterocycles. The molecule has 150 valence electrons. The average molecular weight is 357 g/mol. The third-order valence-electron chi connectivity index (χ3n) is 5.36. The molecule has 0 unspecified atom stereocenters. The lowest BCUT2D eigenvalue weighted by Gasteiger charge is -2.21. The molecule has 0 bridgehead atoms. The molecule has 1 aliphatic heterocycles. The minimum absolute atomic E-state index is 0.0491. The Bertz CT molecular complexity index is 316. The van der Waals surface area contributed by atoms with Crippen LogP contribution in [0.25, 0.3) is 0 Å². The second kappa shape index (κ2) is 13.1. The zero-order valence-electron chi connectivity index (χ0n) is 17.4. The van der Waals surface area contributed by atoms with Crippen molar-refractivity contribution in [2.75, 3.05) is 0 Å². The number of aliphatic hydroxyl groups is 1. The van der Waals surface area contributed by atoms with E-state index in [4.69, 9.17) is 9.47 Å². The van der Waals surface area contributed by atoms with Crippen LogP contribution >= 0.6 is 0 Å². The summed E-state index contributed by atoms with van der Waals surface area (Å²) in [5.41, 5.74) is 0. The topological polar surface area (TPSA) is 38.7 Å². The van der Waals surface area contributed by atoms with Gasteiger partial charge in [-0.25, -0.2) is 0 Å². The van der Waals surface area contributed by atoms with E-state index in [2.05, 4.69) is 6.92 Å². The monoisotopic (exact) mass is 356 g/mol. The number of hydrogen-bond donors (Lipinski definition) is 1. The lowest BCUT2D eigenvalue weighted by atomic mass is 9.99. The normalized spacial score (nSPS) is 23.9. The fourth-order valence-corrected chi connectivity index (χ4v) is 3.83. The molecule has 0 spiro atoms. The van der Waals surface area contributed by atoms with Crippen LogP contribution in [0.3, 0.4) is 0 Å². The average Bonchev–Trinajstić information content (AvgIpc) is 2.90. The number of hydrogen-bond acceptors (Lipinski definition) is 3. The zero-order valence-corrected chi connectivity index (χ0v) is 17.4. The van der Waals surface area contributed by atoms with Crippen molar-refractivity contribution < 1.29 is 14.6 Å². The summed E-state index contributed by atoms with van der Waals surface area (Å²) >= 11 is 0. The second-order valence-corrected chi connectivity index (χ2v) is 8.29. The summed E-state index contributed by atoms with van der Waals surface area (Å²) in [6, 6.07) is 0. The molecule has 0 radical (unpaired) electrons. The standard InChI is InChI=1S/C22H44O3/c1-5-7-8-9-10-11-12-13-14-15-16-17-18-20-21(19(23)6-2)25-22(3,4)24-20/h19-21,23H,5-18H2,1-4H3/t19-,20+,21-/m0/s1. The van der Waals surface area contributed by atoms with Crippen LogP contribution in [0.1, 0.15) is 118 Å². The van der Waals surface area contributed by atoms with Crippen molar-refractivity contribution in [3.63, 3.8) is 0 Å². The van der Waals surface area contributed by atoms with Crippen LogP contribution in [0, 0.1) is 0 Å². The van der Waals surface area contributed by atoms with Gasteiger partial charge in [0.25, 0.3) is 0 Å². The van der Waals surface area contributed by atoms with Gasteiger partial charge in [0.1, 0.15) is 6.10 Å². The van der Waals surface area contributed by atoms with E-state index in [1.807, 2.05) is 20.8 Å². The molecule has 0 aliphatic carbocycles. The molecule has 0 aromatic carbocycles. The number of rotatable bonds is 15. The quantitative estimate of drug-likeness (QED) is 0.346. The summed E-state index contributed by atoms with van der Waals surface area (Å²) in [7, 11) is 0.